The van der Waals surface area contributed by atoms with Gasteiger partial charge in [-0.2, -0.15) is 0 Å². The highest BCUT2D eigenvalue weighted by Crippen LogP contribution is 2.41. The third-order valence-electron chi connectivity index (χ3n) is 7.73. The minimum Gasteiger partial charge on any atom is -0.341 e. The van der Waals surface area contributed by atoms with E-state index in [9.17, 15) is 14.4 Å². The Morgan fingerprint density at radius 3 is 2.47 bits per heavy atom. The lowest BCUT2D eigenvalue weighted by atomic mass is 9.75. The lowest BCUT2D eigenvalue weighted by Crippen LogP contribution is -2.44. The molecule has 2 aromatic carbocycles. The van der Waals surface area contributed by atoms with Crippen LogP contribution in [-0.4, -0.2) is 51.1 Å². The first-order valence-electron chi connectivity index (χ1n) is 12.8. The Hall–Kier alpha value is -3.61. The molecule has 1 unspecified atom stereocenters. The summed E-state index contributed by atoms with van der Waals surface area (Å²) < 4.78 is 0. The minimum atomic E-state index is -1.16. The number of hydrogen-bond donors (Lipinski definition) is 0. The number of imide groups is 1. The fraction of sp³-hybridized carbons (Fsp3) is 0.414. The molecule has 2 aliphatic rings. The second-order valence-corrected chi connectivity index (χ2v) is 10.2. The molecule has 1 saturated carbocycles. The maximum Gasteiger partial charge on any atom is 0.240 e. The van der Waals surface area contributed by atoms with Gasteiger partial charge in [0.05, 0.1) is 16.4 Å². The zero-order valence-electron chi connectivity index (χ0n) is 20.7. The summed E-state index contributed by atoms with van der Waals surface area (Å²) in [4.78, 5) is 52.3. The van der Waals surface area contributed by atoms with Crippen LogP contribution in [0.25, 0.3) is 11.0 Å². The molecule has 0 spiro atoms. The van der Waals surface area contributed by atoms with Gasteiger partial charge in [0.25, 0.3) is 0 Å². The Morgan fingerprint density at radius 2 is 1.72 bits per heavy atom. The molecule has 5 rings (SSSR count). The molecule has 1 saturated heterocycles. The third-order valence-corrected chi connectivity index (χ3v) is 7.73. The van der Waals surface area contributed by atoms with Gasteiger partial charge in [-0.25, -0.2) is 0 Å². The number of carbonyl (C=O) groups is 3. The van der Waals surface area contributed by atoms with Gasteiger partial charge in [0.2, 0.25) is 17.7 Å². The van der Waals surface area contributed by atoms with Crippen LogP contribution in [0.15, 0.2) is 60.9 Å². The van der Waals surface area contributed by atoms with Gasteiger partial charge in [-0.15, -0.1) is 0 Å². The van der Waals surface area contributed by atoms with Crippen LogP contribution in [0.1, 0.15) is 56.1 Å². The molecule has 3 amide bonds. The van der Waals surface area contributed by atoms with Crippen LogP contribution in [0, 0.1) is 5.92 Å². The SMILES string of the molecule is CN(Cc1ccc2nccnc2c1)C(=O)CC1(c2ccccc2)CC(=O)N(CC2CCCCC2)C1=O. The Labute approximate surface area is 211 Å². The van der Waals surface area contributed by atoms with Crippen molar-refractivity contribution in [2.45, 2.75) is 56.9 Å². The fourth-order valence-electron chi connectivity index (χ4n) is 5.70. The number of nitrogens with zero attached hydrogens (tertiary/aromatic N) is 4. The summed E-state index contributed by atoms with van der Waals surface area (Å²) in [5.74, 6) is -0.212. The second kappa shape index (κ2) is 10.2. The number of likely N-dealkylation sites (tertiary alicyclic amines) is 1. The van der Waals surface area contributed by atoms with Gasteiger partial charge in [-0.3, -0.25) is 29.3 Å². The average molecular weight is 485 g/mol. The molecule has 1 aromatic heterocycles. The number of hydrogen-bond acceptors (Lipinski definition) is 5. The number of fused-ring (bicyclic) bond motifs is 1. The van der Waals surface area contributed by atoms with Crippen LogP contribution in [0.5, 0.6) is 0 Å². The Balaban J connectivity index is 1.37. The quantitative estimate of drug-likeness (QED) is 0.468. The van der Waals surface area contributed by atoms with Crippen LogP contribution >= 0.6 is 0 Å². The Bertz CT molecular complexity index is 1270. The topological polar surface area (TPSA) is 83.5 Å². The minimum absolute atomic E-state index is 0.0351. The van der Waals surface area contributed by atoms with E-state index in [1.807, 2.05) is 48.5 Å². The van der Waals surface area contributed by atoms with Crippen molar-refractivity contribution in [3.8, 4) is 0 Å². The molecule has 1 aliphatic carbocycles. The molecular weight excluding hydrogens is 452 g/mol. The number of aromatic nitrogens is 2. The van der Waals surface area contributed by atoms with E-state index < -0.39 is 5.41 Å². The van der Waals surface area contributed by atoms with Gasteiger partial charge < -0.3 is 4.90 Å². The summed E-state index contributed by atoms with van der Waals surface area (Å²) in [6.45, 7) is 0.846. The fourth-order valence-corrected chi connectivity index (χ4v) is 5.70. The summed E-state index contributed by atoms with van der Waals surface area (Å²) in [5.41, 5.74) is 2.07. The van der Waals surface area contributed by atoms with Gasteiger partial charge in [0.15, 0.2) is 0 Å². The molecule has 36 heavy (non-hydrogen) atoms. The number of carbonyl (C=O) groups excluding carboxylic acids is 3. The van der Waals surface area contributed by atoms with Crippen molar-refractivity contribution in [3.05, 3.63) is 72.1 Å². The van der Waals surface area contributed by atoms with Crippen molar-refractivity contribution in [2.75, 3.05) is 13.6 Å². The highest BCUT2D eigenvalue weighted by atomic mass is 16.2. The van der Waals surface area contributed by atoms with Gasteiger partial charge in [0, 0.05) is 45.4 Å². The molecule has 3 aromatic rings. The van der Waals surface area contributed by atoms with Crippen LogP contribution in [-0.2, 0) is 26.3 Å². The Kier molecular flexibility index (Phi) is 6.81. The zero-order valence-corrected chi connectivity index (χ0v) is 20.7. The van der Waals surface area contributed by atoms with Crippen LogP contribution in [0.3, 0.4) is 0 Å². The van der Waals surface area contributed by atoms with Crippen molar-refractivity contribution in [3.63, 3.8) is 0 Å². The normalized spacial score (nSPS) is 20.8. The number of rotatable bonds is 7. The van der Waals surface area contributed by atoms with Crippen molar-refractivity contribution in [1.29, 1.82) is 0 Å². The summed E-state index contributed by atoms with van der Waals surface area (Å²) in [5, 5.41) is 0. The first kappa shape index (κ1) is 24.1. The molecule has 186 valence electrons. The predicted octanol–water partition coefficient (Wildman–Crippen LogP) is 4.26. The molecule has 1 atom stereocenters. The summed E-state index contributed by atoms with van der Waals surface area (Å²) in [6, 6.07) is 15.1. The summed E-state index contributed by atoms with van der Waals surface area (Å²) >= 11 is 0. The van der Waals surface area contributed by atoms with Crippen LogP contribution < -0.4 is 0 Å². The zero-order chi connectivity index (χ0) is 25.1. The summed E-state index contributed by atoms with van der Waals surface area (Å²) in [7, 11) is 1.74. The van der Waals surface area contributed by atoms with Crippen LogP contribution in [0.2, 0.25) is 0 Å². The molecular formula is C29H32N4O3. The molecule has 2 heterocycles. The predicted molar refractivity (Wildman–Crippen MR) is 137 cm³/mol. The Morgan fingerprint density at radius 1 is 1.00 bits per heavy atom. The number of benzene rings is 2. The van der Waals surface area contributed by atoms with E-state index >= 15 is 0 Å². The maximum absolute atomic E-state index is 13.9. The van der Waals surface area contributed by atoms with E-state index in [1.165, 1.54) is 11.3 Å². The highest BCUT2D eigenvalue weighted by molar-refractivity contribution is 6.10. The van der Waals surface area contributed by atoms with E-state index in [2.05, 4.69) is 9.97 Å². The molecule has 0 bridgehead atoms. The van der Waals surface area contributed by atoms with Crippen LogP contribution in [0.4, 0.5) is 0 Å². The van der Waals surface area contributed by atoms with Gasteiger partial charge in [0.1, 0.15) is 0 Å². The maximum atomic E-state index is 13.9. The van der Waals surface area contributed by atoms with E-state index in [0.29, 0.717) is 19.0 Å². The van der Waals surface area contributed by atoms with Gasteiger partial charge in [-0.05, 0) is 42.0 Å². The first-order chi connectivity index (χ1) is 17.5. The molecule has 7 heteroatoms. The van der Waals surface area contributed by atoms with Gasteiger partial charge in [-0.1, -0.05) is 55.7 Å². The lowest BCUT2D eigenvalue weighted by molar-refractivity contribution is -0.143. The van der Waals surface area contributed by atoms with E-state index in [4.69, 9.17) is 0 Å². The van der Waals surface area contributed by atoms with Crippen molar-refractivity contribution < 1.29 is 14.4 Å². The molecule has 2 fully saturated rings. The highest BCUT2D eigenvalue weighted by Gasteiger charge is 2.54. The number of amides is 3. The monoisotopic (exact) mass is 484 g/mol. The smallest absolute Gasteiger partial charge is 0.240 e. The van der Waals surface area contributed by atoms with E-state index in [1.54, 1.807) is 24.3 Å². The third kappa shape index (κ3) is 4.74. The van der Waals surface area contributed by atoms with Crippen molar-refractivity contribution >= 4 is 28.8 Å². The summed E-state index contributed by atoms with van der Waals surface area (Å²) in [6.07, 6.45) is 8.91. The van der Waals surface area contributed by atoms with E-state index in [-0.39, 0.29) is 30.6 Å². The molecule has 1 aliphatic heterocycles. The van der Waals surface area contributed by atoms with Crippen molar-refractivity contribution in [1.82, 2.24) is 19.8 Å². The standard InChI is InChI=1S/C29H32N4O3/c1-32(19-22-12-13-24-25(16-22)31-15-14-30-24)26(34)17-29(23-10-6-3-7-11-23)18-27(35)33(28(29)36)20-21-8-4-2-5-9-21/h3,6-7,10-16,21H,2,4-5,8-9,17-20H2,1H3. The lowest BCUT2D eigenvalue weighted by Gasteiger charge is -2.31. The molecule has 0 radical (unpaired) electrons. The van der Waals surface area contributed by atoms with E-state index in [0.717, 1.165) is 47.8 Å². The average Bonchev–Trinajstić information content (AvgIpc) is 3.14. The molecule has 0 N–H and O–H groups in total. The molecule has 7 nitrogen and oxygen atoms in total. The largest absolute Gasteiger partial charge is 0.341 e. The second-order valence-electron chi connectivity index (χ2n) is 10.2. The van der Waals surface area contributed by atoms with Gasteiger partial charge >= 0.3 is 0 Å². The first-order valence-corrected chi connectivity index (χ1v) is 12.8. The van der Waals surface area contributed by atoms with Crippen molar-refractivity contribution in [2.24, 2.45) is 5.92 Å².